The quantitative estimate of drug-likeness (QED) is 0.768. The number of carbonyl (C=O) groups is 1. The molecule has 3 aromatic rings. The number of morpholine rings is 1. The molecule has 1 N–H and O–H groups in total. The Hall–Kier alpha value is -2.63. The average molecular weight is 350 g/mol. The van der Waals surface area contributed by atoms with Crippen molar-refractivity contribution >= 4 is 16.9 Å². The van der Waals surface area contributed by atoms with Crippen LogP contribution in [0.4, 0.5) is 0 Å². The molecule has 2 heterocycles. The van der Waals surface area contributed by atoms with E-state index in [0.717, 1.165) is 23.0 Å². The molecule has 0 saturated carbocycles. The Labute approximate surface area is 152 Å². The number of fused-ring (bicyclic) bond motifs is 1. The number of benzene rings is 2. The standard InChI is InChI=1S/C21H22N2O3/c24-21(25)20(22-10-12-26-13-11-22)18-15-23(14-16-6-2-1-3-7-16)19-9-5-4-8-17(18)19/h1-9,15,20H,10-14H2,(H,24,25). The molecule has 134 valence electrons. The molecule has 1 fully saturated rings. The Kier molecular flexibility index (Phi) is 4.73. The van der Waals surface area contributed by atoms with Gasteiger partial charge in [-0.05, 0) is 11.6 Å². The molecule has 0 radical (unpaired) electrons. The van der Waals surface area contributed by atoms with Crippen LogP contribution >= 0.6 is 0 Å². The van der Waals surface area contributed by atoms with Gasteiger partial charge in [-0.25, -0.2) is 0 Å². The van der Waals surface area contributed by atoms with Crippen molar-refractivity contribution in [2.75, 3.05) is 26.3 Å². The first kappa shape index (κ1) is 16.8. The van der Waals surface area contributed by atoms with Crippen molar-refractivity contribution in [1.82, 2.24) is 9.47 Å². The van der Waals surface area contributed by atoms with E-state index < -0.39 is 12.0 Å². The van der Waals surface area contributed by atoms with Crippen molar-refractivity contribution in [2.45, 2.75) is 12.6 Å². The minimum atomic E-state index is -0.811. The van der Waals surface area contributed by atoms with Crippen molar-refractivity contribution in [2.24, 2.45) is 0 Å². The highest BCUT2D eigenvalue weighted by Gasteiger charge is 2.31. The van der Waals surface area contributed by atoms with E-state index in [2.05, 4.69) is 22.8 Å². The molecular weight excluding hydrogens is 328 g/mol. The summed E-state index contributed by atoms with van der Waals surface area (Å²) in [6, 6.07) is 17.6. The van der Waals surface area contributed by atoms with Crippen molar-refractivity contribution < 1.29 is 14.6 Å². The van der Waals surface area contributed by atoms with E-state index in [1.165, 1.54) is 5.56 Å². The van der Waals surface area contributed by atoms with Gasteiger partial charge in [0.05, 0.1) is 13.2 Å². The maximum absolute atomic E-state index is 12.1. The van der Waals surface area contributed by atoms with Gasteiger partial charge in [0.2, 0.25) is 0 Å². The summed E-state index contributed by atoms with van der Waals surface area (Å²) in [7, 11) is 0. The maximum atomic E-state index is 12.1. The smallest absolute Gasteiger partial charge is 0.325 e. The fourth-order valence-electron chi connectivity index (χ4n) is 3.73. The van der Waals surface area contributed by atoms with E-state index in [9.17, 15) is 9.90 Å². The molecule has 4 rings (SSSR count). The predicted molar refractivity (Wildman–Crippen MR) is 100 cm³/mol. The Morgan fingerprint density at radius 1 is 1.04 bits per heavy atom. The third kappa shape index (κ3) is 3.23. The van der Waals surface area contributed by atoms with Gasteiger partial charge >= 0.3 is 5.97 Å². The largest absolute Gasteiger partial charge is 0.480 e. The third-order valence-electron chi connectivity index (χ3n) is 4.95. The summed E-state index contributed by atoms with van der Waals surface area (Å²) in [5.41, 5.74) is 3.11. The second-order valence-electron chi connectivity index (χ2n) is 6.60. The van der Waals surface area contributed by atoms with Crippen LogP contribution in [0.1, 0.15) is 17.2 Å². The van der Waals surface area contributed by atoms with Crippen LogP contribution in [0.2, 0.25) is 0 Å². The molecule has 1 aliphatic heterocycles. The molecule has 0 aliphatic carbocycles. The molecule has 0 amide bonds. The number of aromatic nitrogens is 1. The van der Waals surface area contributed by atoms with Gasteiger partial charge in [-0.2, -0.15) is 0 Å². The summed E-state index contributed by atoms with van der Waals surface area (Å²) < 4.78 is 7.55. The van der Waals surface area contributed by atoms with Crippen LogP contribution in [0.5, 0.6) is 0 Å². The Morgan fingerprint density at radius 3 is 2.46 bits per heavy atom. The lowest BCUT2D eigenvalue weighted by Gasteiger charge is -2.31. The summed E-state index contributed by atoms with van der Waals surface area (Å²) in [6.45, 7) is 3.14. The summed E-state index contributed by atoms with van der Waals surface area (Å²) in [6.07, 6.45) is 2.01. The lowest BCUT2D eigenvalue weighted by Crippen LogP contribution is -2.42. The molecular formula is C21H22N2O3. The van der Waals surface area contributed by atoms with E-state index >= 15 is 0 Å². The van der Waals surface area contributed by atoms with Crippen molar-refractivity contribution in [3.05, 3.63) is 71.9 Å². The van der Waals surface area contributed by atoms with E-state index in [1.54, 1.807) is 0 Å². The van der Waals surface area contributed by atoms with Crippen LogP contribution in [-0.2, 0) is 16.1 Å². The zero-order valence-electron chi connectivity index (χ0n) is 14.5. The van der Waals surface area contributed by atoms with Gasteiger partial charge in [-0.1, -0.05) is 48.5 Å². The van der Waals surface area contributed by atoms with Crippen LogP contribution < -0.4 is 0 Å². The van der Waals surface area contributed by atoms with Gasteiger partial charge in [0.25, 0.3) is 0 Å². The number of nitrogens with zero attached hydrogens (tertiary/aromatic N) is 2. The Morgan fingerprint density at radius 2 is 1.73 bits per heavy atom. The van der Waals surface area contributed by atoms with Crippen molar-refractivity contribution in [3.63, 3.8) is 0 Å². The van der Waals surface area contributed by atoms with Crippen LogP contribution in [0.15, 0.2) is 60.8 Å². The second-order valence-corrected chi connectivity index (χ2v) is 6.60. The van der Waals surface area contributed by atoms with E-state index in [4.69, 9.17) is 4.74 Å². The lowest BCUT2D eigenvalue weighted by atomic mass is 10.0. The first-order valence-electron chi connectivity index (χ1n) is 8.90. The molecule has 1 saturated heterocycles. The number of rotatable bonds is 5. The highest BCUT2D eigenvalue weighted by molar-refractivity contribution is 5.89. The van der Waals surface area contributed by atoms with Crippen molar-refractivity contribution in [3.8, 4) is 0 Å². The number of carboxylic acid groups (broad SMARTS) is 1. The zero-order valence-corrected chi connectivity index (χ0v) is 14.5. The van der Waals surface area contributed by atoms with Crippen molar-refractivity contribution in [1.29, 1.82) is 0 Å². The molecule has 2 aromatic carbocycles. The maximum Gasteiger partial charge on any atom is 0.325 e. The first-order valence-corrected chi connectivity index (χ1v) is 8.90. The molecule has 1 unspecified atom stereocenters. The number of hydrogen-bond donors (Lipinski definition) is 1. The number of para-hydroxylation sites is 1. The van der Waals surface area contributed by atoms with Crippen LogP contribution in [-0.4, -0.2) is 46.8 Å². The third-order valence-corrected chi connectivity index (χ3v) is 4.95. The first-order chi connectivity index (χ1) is 12.7. The molecule has 26 heavy (non-hydrogen) atoms. The number of hydrogen-bond acceptors (Lipinski definition) is 3. The van der Waals surface area contributed by atoms with Gasteiger partial charge in [-0.15, -0.1) is 0 Å². The molecule has 1 atom stereocenters. The van der Waals surface area contributed by atoms with Crippen LogP contribution in [0.3, 0.4) is 0 Å². The number of ether oxygens (including phenoxy) is 1. The normalized spacial score (nSPS) is 16.6. The van der Waals surface area contributed by atoms with Crippen LogP contribution in [0, 0.1) is 0 Å². The Bertz CT molecular complexity index is 898. The summed E-state index contributed by atoms with van der Waals surface area (Å²) in [5, 5.41) is 10.9. The Balaban J connectivity index is 1.77. The zero-order chi connectivity index (χ0) is 17.9. The SMILES string of the molecule is O=C(O)C(c1cn(Cc2ccccc2)c2ccccc12)N1CCOCC1. The lowest BCUT2D eigenvalue weighted by molar-refractivity contribution is -0.145. The molecule has 5 nitrogen and oxygen atoms in total. The number of aliphatic carboxylic acids is 1. The summed E-state index contributed by atoms with van der Waals surface area (Å²) in [4.78, 5) is 14.1. The molecule has 1 aromatic heterocycles. The fourth-order valence-corrected chi connectivity index (χ4v) is 3.73. The minimum Gasteiger partial charge on any atom is -0.480 e. The van der Waals surface area contributed by atoms with Gasteiger partial charge in [0.15, 0.2) is 0 Å². The summed E-state index contributed by atoms with van der Waals surface area (Å²) >= 11 is 0. The average Bonchev–Trinajstić information content (AvgIpc) is 3.02. The van der Waals surface area contributed by atoms with Gasteiger partial charge in [0.1, 0.15) is 6.04 Å². The highest BCUT2D eigenvalue weighted by atomic mass is 16.5. The van der Waals surface area contributed by atoms with E-state index in [0.29, 0.717) is 26.3 Å². The fraction of sp³-hybridized carbons (Fsp3) is 0.286. The number of carboxylic acids is 1. The van der Waals surface area contributed by atoms with Crippen LogP contribution in [0.25, 0.3) is 10.9 Å². The van der Waals surface area contributed by atoms with Gasteiger partial charge in [0, 0.05) is 42.3 Å². The molecule has 0 spiro atoms. The second kappa shape index (κ2) is 7.32. The topological polar surface area (TPSA) is 54.7 Å². The highest BCUT2D eigenvalue weighted by Crippen LogP contribution is 2.31. The molecule has 0 bridgehead atoms. The minimum absolute atomic E-state index is 0.576. The summed E-state index contributed by atoms with van der Waals surface area (Å²) in [5.74, 6) is -0.811. The predicted octanol–water partition coefficient (Wildman–Crippen LogP) is 3.15. The molecule has 1 aliphatic rings. The molecule has 5 heteroatoms. The van der Waals surface area contributed by atoms with Gasteiger partial charge < -0.3 is 14.4 Å². The monoisotopic (exact) mass is 350 g/mol. The van der Waals surface area contributed by atoms with E-state index in [-0.39, 0.29) is 0 Å². The van der Waals surface area contributed by atoms with Gasteiger partial charge in [-0.3, -0.25) is 9.69 Å². The van der Waals surface area contributed by atoms with E-state index in [1.807, 2.05) is 47.5 Å².